The molecule has 0 spiro atoms. The first-order chi connectivity index (χ1) is 14.3. The van der Waals surface area contributed by atoms with Crippen LogP contribution in [0.1, 0.15) is 21.5 Å². The first-order valence-corrected chi connectivity index (χ1v) is 9.01. The minimum atomic E-state index is -4.74. The van der Waals surface area contributed by atoms with Gasteiger partial charge < -0.3 is 24.6 Å². The van der Waals surface area contributed by atoms with E-state index in [1.165, 1.54) is 31.4 Å². The number of carbonyl (C=O) groups is 1. The van der Waals surface area contributed by atoms with E-state index in [-0.39, 0.29) is 31.5 Å². The van der Waals surface area contributed by atoms with E-state index >= 15 is 0 Å². The van der Waals surface area contributed by atoms with Crippen molar-refractivity contribution >= 4 is 18.1 Å². The maximum atomic E-state index is 12.3. The molecule has 0 aliphatic heterocycles. The van der Waals surface area contributed by atoms with Gasteiger partial charge >= 0.3 is 6.36 Å². The van der Waals surface area contributed by atoms with Gasteiger partial charge in [-0.2, -0.15) is 0 Å². The molecule has 0 atom stereocenters. The van der Waals surface area contributed by atoms with Crippen LogP contribution in [0, 0.1) is 0 Å². The lowest BCUT2D eigenvalue weighted by Crippen LogP contribution is -2.27. The number of methoxy groups -OCH3 is 1. The minimum absolute atomic E-state index is 0.0831. The zero-order chi connectivity index (χ0) is 22.0. The summed E-state index contributed by atoms with van der Waals surface area (Å²) >= 11 is 0. The molecule has 2 aromatic carbocycles. The van der Waals surface area contributed by atoms with E-state index in [0.717, 1.165) is 0 Å². The van der Waals surface area contributed by atoms with Crippen molar-refractivity contribution in [1.29, 1.82) is 0 Å². The number of rotatable bonds is 10. The van der Waals surface area contributed by atoms with Crippen molar-refractivity contribution in [2.24, 2.45) is 0 Å². The Bertz CT molecular complexity index is 851. The van der Waals surface area contributed by atoms with Gasteiger partial charge in [0.1, 0.15) is 11.5 Å². The molecular formula is C21H22F3NO5. The predicted octanol–water partition coefficient (Wildman–Crippen LogP) is 3.50. The van der Waals surface area contributed by atoms with Crippen LogP contribution in [0.15, 0.2) is 42.5 Å². The molecule has 9 heteroatoms. The molecule has 2 rings (SSSR count). The van der Waals surface area contributed by atoms with Gasteiger partial charge in [-0.1, -0.05) is 24.3 Å². The fourth-order valence-corrected chi connectivity index (χ4v) is 2.48. The van der Waals surface area contributed by atoms with Crippen LogP contribution in [0.3, 0.4) is 0 Å². The highest BCUT2D eigenvalue weighted by Gasteiger charge is 2.30. The fourth-order valence-electron chi connectivity index (χ4n) is 2.48. The van der Waals surface area contributed by atoms with Crippen LogP contribution in [-0.2, 0) is 4.74 Å². The van der Waals surface area contributed by atoms with Gasteiger partial charge in [-0.3, -0.25) is 4.79 Å². The smallest absolute Gasteiger partial charge is 0.496 e. The van der Waals surface area contributed by atoms with Gasteiger partial charge in [0.2, 0.25) is 0 Å². The Hall–Kier alpha value is -3.04. The lowest BCUT2D eigenvalue weighted by Gasteiger charge is -2.10. The molecule has 30 heavy (non-hydrogen) atoms. The molecule has 0 fully saturated rings. The van der Waals surface area contributed by atoms with Crippen molar-refractivity contribution in [3.05, 3.63) is 59.2 Å². The Kier molecular flexibility index (Phi) is 8.70. The fraction of sp³-hybridized carbons (Fsp3) is 0.286. The second kappa shape index (κ2) is 11.2. The summed E-state index contributed by atoms with van der Waals surface area (Å²) in [5, 5.41) is 11.3. The molecule has 162 valence electrons. The van der Waals surface area contributed by atoms with Crippen molar-refractivity contribution in [2.75, 3.05) is 33.5 Å². The van der Waals surface area contributed by atoms with E-state index in [2.05, 4.69) is 10.1 Å². The molecule has 0 saturated carbocycles. The second-order valence-corrected chi connectivity index (χ2v) is 6.00. The lowest BCUT2D eigenvalue weighted by atomic mass is 10.1. The molecule has 0 aliphatic carbocycles. The number of alkyl halides is 3. The molecule has 0 aliphatic rings. The number of aliphatic hydroxyl groups excluding tert-OH is 1. The van der Waals surface area contributed by atoms with Crippen molar-refractivity contribution in [1.82, 2.24) is 5.32 Å². The summed E-state index contributed by atoms with van der Waals surface area (Å²) in [6.45, 7) is 0.697. The normalized spacial score (nSPS) is 11.5. The second-order valence-electron chi connectivity index (χ2n) is 6.00. The molecule has 0 aromatic heterocycles. The highest BCUT2D eigenvalue weighted by Crippen LogP contribution is 2.25. The van der Waals surface area contributed by atoms with Crippen molar-refractivity contribution in [2.45, 2.75) is 6.36 Å². The topological polar surface area (TPSA) is 77.0 Å². The average molecular weight is 425 g/mol. The standard InChI is InChI=1S/C21H22F3NO5/c1-28-19-9-6-17(20(27)25-10-12-29-13-11-26)14-16(19)5-2-15-3-7-18(8-4-15)30-21(22,23)24/h2-9,14,26H,10-13H2,1H3,(H,25,27). The average Bonchev–Trinajstić information content (AvgIpc) is 2.71. The maximum Gasteiger partial charge on any atom is 0.573 e. The molecule has 0 radical (unpaired) electrons. The van der Waals surface area contributed by atoms with Gasteiger partial charge in [-0.15, -0.1) is 13.2 Å². The van der Waals surface area contributed by atoms with Crippen LogP contribution in [0.25, 0.3) is 12.2 Å². The Morgan fingerprint density at radius 1 is 1.10 bits per heavy atom. The van der Waals surface area contributed by atoms with Gasteiger partial charge in [0.05, 0.1) is 26.9 Å². The number of amides is 1. The van der Waals surface area contributed by atoms with Crippen LogP contribution in [-0.4, -0.2) is 50.9 Å². The molecular weight excluding hydrogens is 403 g/mol. The third-order valence-electron chi connectivity index (χ3n) is 3.83. The van der Waals surface area contributed by atoms with Gasteiger partial charge in [0.15, 0.2) is 0 Å². The van der Waals surface area contributed by atoms with Crippen LogP contribution >= 0.6 is 0 Å². The molecule has 0 bridgehead atoms. The van der Waals surface area contributed by atoms with Crippen LogP contribution < -0.4 is 14.8 Å². The first-order valence-electron chi connectivity index (χ1n) is 9.01. The van der Waals surface area contributed by atoms with Crippen LogP contribution in [0.2, 0.25) is 0 Å². The summed E-state index contributed by atoms with van der Waals surface area (Å²) in [6, 6.07) is 10.3. The summed E-state index contributed by atoms with van der Waals surface area (Å²) in [5.41, 5.74) is 1.67. The van der Waals surface area contributed by atoms with Crippen molar-refractivity contribution in [3.8, 4) is 11.5 Å². The van der Waals surface area contributed by atoms with Crippen molar-refractivity contribution in [3.63, 3.8) is 0 Å². The lowest BCUT2D eigenvalue weighted by molar-refractivity contribution is -0.274. The Morgan fingerprint density at radius 2 is 1.83 bits per heavy atom. The highest BCUT2D eigenvalue weighted by atomic mass is 19.4. The summed E-state index contributed by atoms with van der Waals surface area (Å²) < 4.78 is 50.9. The molecule has 1 amide bonds. The number of benzene rings is 2. The van der Waals surface area contributed by atoms with E-state index in [1.54, 1.807) is 30.4 Å². The van der Waals surface area contributed by atoms with E-state index in [0.29, 0.717) is 29.0 Å². The van der Waals surface area contributed by atoms with Gasteiger partial charge in [0, 0.05) is 17.7 Å². The zero-order valence-electron chi connectivity index (χ0n) is 16.2. The number of hydrogen-bond acceptors (Lipinski definition) is 5. The molecule has 0 unspecified atom stereocenters. The number of ether oxygens (including phenoxy) is 3. The number of nitrogens with one attached hydrogen (secondary N) is 1. The van der Waals surface area contributed by atoms with Gasteiger partial charge in [-0.05, 0) is 35.9 Å². The van der Waals surface area contributed by atoms with Crippen LogP contribution in [0.4, 0.5) is 13.2 Å². The van der Waals surface area contributed by atoms with E-state index in [9.17, 15) is 18.0 Å². The van der Waals surface area contributed by atoms with E-state index in [1.807, 2.05) is 0 Å². The third kappa shape index (κ3) is 7.76. The molecule has 2 N–H and O–H groups in total. The summed E-state index contributed by atoms with van der Waals surface area (Å²) in [7, 11) is 1.49. The van der Waals surface area contributed by atoms with Crippen molar-refractivity contribution < 1.29 is 37.3 Å². The summed E-state index contributed by atoms with van der Waals surface area (Å²) in [5.74, 6) is -0.0708. The monoisotopic (exact) mass is 425 g/mol. The Labute approximate surface area is 171 Å². The summed E-state index contributed by atoms with van der Waals surface area (Å²) in [6.07, 6.45) is -1.37. The van der Waals surface area contributed by atoms with Crippen LogP contribution in [0.5, 0.6) is 11.5 Å². The number of carbonyl (C=O) groups excluding carboxylic acids is 1. The third-order valence-corrected chi connectivity index (χ3v) is 3.83. The molecule has 6 nitrogen and oxygen atoms in total. The summed E-state index contributed by atoms with van der Waals surface area (Å²) in [4.78, 5) is 12.3. The maximum absolute atomic E-state index is 12.3. The quantitative estimate of drug-likeness (QED) is 0.450. The van der Waals surface area contributed by atoms with E-state index < -0.39 is 6.36 Å². The molecule has 2 aromatic rings. The van der Waals surface area contributed by atoms with Gasteiger partial charge in [0.25, 0.3) is 5.91 Å². The predicted molar refractivity (Wildman–Crippen MR) is 105 cm³/mol. The van der Waals surface area contributed by atoms with Gasteiger partial charge in [-0.25, -0.2) is 0 Å². The largest absolute Gasteiger partial charge is 0.573 e. The molecule has 0 heterocycles. The SMILES string of the molecule is COc1ccc(C(=O)NCCOCCO)cc1C=Cc1ccc(OC(F)(F)F)cc1. The molecule has 0 saturated heterocycles. The number of hydrogen-bond donors (Lipinski definition) is 2. The first kappa shape index (κ1) is 23.2. The Morgan fingerprint density at radius 3 is 2.47 bits per heavy atom. The van der Waals surface area contributed by atoms with E-state index in [4.69, 9.17) is 14.6 Å². The Balaban J connectivity index is 2.06. The number of aliphatic hydroxyl groups is 1. The number of halogens is 3. The minimum Gasteiger partial charge on any atom is -0.496 e. The highest BCUT2D eigenvalue weighted by molar-refractivity contribution is 5.95. The zero-order valence-corrected chi connectivity index (χ0v) is 16.2.